The molecule has 7 aromatic rings. The van der Waals surface area contributed by atoms with Gasteiger partial charge in [0.25, 0.3) is 0 Å². The Labute approximate surface area is 241 Å². The molecule has 188 valence electrons. The third kappa shape index (κ3) is 2.99. The Hall–Kier alpha value is -4.31. The average Bonchev–Trinajstić information content (AvgIpc) is 3.52. The second-order valence-corrected chi connectivity index (χ2v) is 12.8. The molecule has 1 N–H and O–H groups in total. The molecule has 6 aromatic carbocycles. The van der Waals surface area contributed by atoms with Crippen molar-refractivity contribution in [1.82, 2.24) is 0 Å². The number of rotatable bonds is 2. The highest BCUT2D eigenvalue weighted by molar-refractivity contribution is 7.99. The van der Waals surface area contributed by atoms with Gasteiger partial charge in [-0.25, -0.2) is 0 Å². The zero-order valence-electron chi connectivity index (χ0n) is 21.5. The van der Waals surface area contributed by atoms with Crippen molar-refractivity contribution in [3.63, 3.8) is 0 Å². The number of hydrogen-bond acceptors (Lipinski definition) is 3. The molecule has 0 saturated carbocycles. The van der Waals surface area contributed by atoms with Gasteiger partial charge in [-0.1, -0.05) is 96.7 Å². The predicted octanol–water partition coefficient (Wildman–Crippen LogP) is 10.6. The summed E-state index contributed by atoms with van der Waals surface area (Å²) < 4.78 is 2.66. The van der Waals surface area contributed by atoms with E-state index in [1.165, 1.54) is 63.3 Å². The molecule has 0 radical (unpaired) electrons. The Morgan fingerprint density at radius 3 is 1.88 bits per heavy atom. The molecule has 1 aromatic heterocycles. The van der Waals surface area contributed by atoms with Crippen LogP contribution in [0.2, 0.25) is 0 Å². The van der Waals surface area contributed by atoms with Crippen LogP contribution in [0.15, 0.2) is 143 Å². The Morgan fingerprint density at radius 2 is 1.05 bits per heavy atom. The van der Waals surface area contributed by atoms with Crippen LogP contribution in [0, 0.1) is 0 Å². The third-order valence-electron chi connectivity index (χ3n) is 8.51. The van der Waals surface area contributed by atoms with E-state index in [0.717, 1.165) is 11.4 Å². The second-order valence-electron chi connectivity index (χ2n) is 10.6. The van der Waals surface area contributed by atoms with Gasteiger partial charge in [0, 0.05) is 41.3 Å². The minimum atomic E-state index is -0.352. The molecule has 1 aliphatic heterocycles. The number of nitrogens with one attached hydrogen (secondary N) is 1. The van der Waals surface area contributed by atoms with Crippen LogP contribution in [0.5, 0.6) is 0 Å². The van der Waals surface area contributed by atoms with Crippen LogP contribution in [0.3, 0.4) is 0 Å². The summed E-state index contributed by atoms with van der Waals surface area (Å²) in [4.78, 5) is 2.65. The van der Waals surface area contributed by atoms with Gasteiger partial charge >= 0.3 is 0 Å². The molecule has 9 rings (SSSR count). The van der Waals surface area contributed by atoms with Crippen molar-refractivity contribution in [2.75, 3.05) is 5.32 Å². The summed E-state index contributed by atoms with van der Waals surface area (Å²) in [6.07, 6.45) is 0. The predicted molar refractivity (Wildman–Crippen MR) is 170 cm³/mol. The lowest BCUT2D eigenvalue weighted by Crippen LogP contribution is -2.32. The fourth-order valence-electron chi connectivity index (χ4n) is 6.90. The van der Waals surface area contributed by atoms with Gasteiger partial charge in [-0.3, -0.25) is 0 Å². The monoisotopic (exact) mass is 545 g/mol. The van der Waals surface area contributed by atoms with E-state index in [4.69, 9.17) is 0 Å². The lowest BCUT2D eigenvalue weighted by Gasteiger charge is -2.39. The first kappa shape index (κ1) is 22.5. The van der Waals surface area contributed by atoms with Crippen LogP contribution in [-0.4, -0.2) is 0 Å². The van der Waals surface area contributed by atoms with Crippen molar-refractivity contribution in [1.29, 1.82) is 0 Å². The first-order valence-corrected chi connectivity index (χ1v) is 15.2. The van der Waals surface area contributed by atoms with Crippen LogP contribution in [-0.2, 0) is 5.41 Å². The molecule has 0 fully saturated rings. The summed E-state index contributed by atoms with van der Waals surface area (Å²) in [5.74, 6) is 0. The standard InChI is InChI=1S/C37H23NS2/c1-4-12-29-25(9-1)26-10-2-5-13-30(26)37(29)31-14-6-8-16-35(31)40-36-20-18-24(22-32(36)37)38-23-17-19-34-28(21-23)27-11-3-7-15-33(27)39-34/h1-22,38H. The summed E-state index contributed by atoms with van der Waals surface area (Å²) in [6.45, 7) is 0. The van der Waals surface area contributed by atoms with Crippen molar-refractivity contribution in [2.45, 2.75) is 15.2 Å². The lowest BCUT2D eigenvalue weighted by molar-refractivity contribution is 0.723. The van der Waals surface area contributed by atoms with Crippen LogP contribution in [0.4, 0.5) is 11.4 Å². The topological polar surface area (TPSA) is 12.0 Å². The smallest absolute Gasteiger partial charge is 0.0736 e. The van der Waals surface area contributed by atoms with E-state index >= 15 is 0 Å². The number of benzene rings is 6. The van der Waals surface area contributed by atoms with E-state index in [9.17, 15) is 0 Å². The van der Waals surface area contributed by atoms with Crippen molar-refractivity contribution in [3.8, 4) is 11.1 Å². The summed E-state index contributed by atoms with van der Waals surface area (Å²) >= 11 is 3.74. The molecule has 0 bridgehead atoms. The fraction of sp³-hybridized carbons (Fsp3) is 0.0270. The third-order valence-corrected chi connectivity index (χ3v) is 10.8. The van der Waals surface area contributed by atoms with Gasteiger partial charge in [-0.2, -0.15) is 0 Å². The normalized spacial score (nSPS) is 14.1. The first-order valence-electron chi connectivity index (χ1n) is 13.6. The molecule has 40 heavy (non-hydrogen) atoms. The van der Waals surface area contributed by atoms with Crippen molar-refractivity contribution < 1.29 is 0 Å². The Bertz CT molecular complexity index is 2090. The summed E-state index contributed by atoms with van der Waals surface area (Å²) in [5, 5.41) is 6.40. The van der Waals surface area contributed by atoms with Crippen LogP contribution in [0.25, 0.3) is 31.3 Å². The van der Waals surface area contributed by atoms with Crippen molar-refractivity contribution in [3.05, 3.63) is 156 Å². The molecule has 2 heterocycles. The molecule has 0 saturated heterocycles. The summed E-state index contributed by atoms with van der Waals surface area (Å²) in [5.41, 5.74) is 9.99. The Kier molecular flexibility index (Phi) is 4.69. The Balaban J connectivity index is 1.26. The largest absolute Gasteiger partial charge is 0.355 e. The quantitative estimate of drug-likeness (QED) is 0.232. The summed E-state index contributed by atoms with van der Waals surface area (Å²) in [7, 11) is 0. The maximum atomic E-state index is 3.77. The maximum Gasteiger partial charge on any atom is 0.0736 e. The number of hydrogen-bond donors (Lipinski definition) is 1. The zero-order valence-corrected chi connectivity index (χ0v) is 23.2. The van der Waals surface area contributed by atoms with E-state index in [0.29, 0.717) is 0 Å². The minimum Gasteiger partial charge on any atom is -0.355 e. The van der Waals surface area contributed by atoms with E-state index in [-0.39, 0.29) is 5.41 Å². The minimum absolute atomic E-state index is 0.352. The highest BCUT2D eigenvalue weighted by atomic mass is 32.2. The number of fused-ring (bicyclic) bond motifs is 12. The average molecular weight is 546 g/mol. The molecule has 2 aliphatic rings. The van der Waals surface area contributed by atoms with Crippen LogP contribution < -0.4 is 5.32 Å². The summed E-state index contributed by atoms with van der Waals surface area (Å²) in [6, 6.07) is 49.3. The van der Waals surface area contributed by atoms with Gasteiger partial charge in [0.2, 0.25) is 0 Å². The lowest BCUT2D eigenvalue weighted by atomic mass is 9.67. The molecule has 1 nitrogen and oxygen atoms in total. The van der Waals surface area contributed by atoms with E-state index in [1.807, 2.05) is 23.1 Å². The van der Waals surface area contributed by atoms with Gasteiger partial charge in [0.05, 0.1) is 5.41 Å². The second kappa shape index (κ2) is 8.34. The van der Waals surface area contributed by atoms with Gasteiger partial charge in [-0.15, -0.1) is 11.3 Å². The number of anilines is 2. The SMILES string of the molecule is c1ccc2c(c1)Sc1ccc(Nc3ccc4sc5ccccc5c4c3)cc1C21c2ccccc2-c2ccccc21. The van der Waals surface area contributed by atoms with Crippen molar-refractivity contribution >= 4 is 54.6 Å². The fourth-order valence-corrected chi connectivity index (χ4v) is 9.16. The molecule has 1 spiro atoms. The van der Waals surface area contributed by atoms with Crippen LogP contribution in [0.1, 0.15) is 22.3 Å². The van der Waals surface area contributed by atoms with Gasteiger partial charge < -0.3 is 5.32 Å². The number of thiophene rings is 1. The van der Waals surface area contributed by atoms with Gasteiger partial charge in [0.15, 0.2) is 0 Å². The highest BCUT2D eigenvalue weighted by Gasteiger charge is 2.50. The first-order chi connectivity index (χ1) is 19.8. The molecule has 3 heteroatoms. The highest BCUT2D eigenvalue weighted by Crippen LogP contribution is 2.62. The molecule has 0 unspecified atom stereocenters. The van der Waals surface area contributed by atoms with Crippen LogP contribution >= 0.6 is 23.1 Å². The molecule has 0 amide bonds. The van der Waals surface area contributed by atoms with Gasteiger partial charge in [-0.05, 0) is 81.9 Å². The van der Waals surface area contributed by atoms with E-state index in [1.54, 1.807) is 0 Å². The van der Waals surface area contributed by atoms with E-state index < -0.39 is 0 Å². The zero-order chi connectivity index (χ0) is 26.3. The van der Waals surface area contributed by atoms with Gasteiger partial charge in [0.1, 0.15) is 0 Å². The maximum absolute atomic E-state index is 3.77. The molecule has 0 atom stereocenters. The van der Waals surface area contributed by atoms with E-state index in [2.05, 4.69) is 139 Å². The molecule has 1 aliphatic carbocycles. The Morgan fingerprint density at radius 1 is 0.450 bits per heavy atom. The molecular formula is C37H23NS2. The molecular weight excluding hydrogens is 523 g/mol. The van der Waals surface area contributed by atoms with Crippen molar-refractivity contribution in [2.24, 2.45) is 0 Å².